The Hall–Kier alpha value is -2.03. The van der Waals surface area contributed by atoms with E-state index < -0.39 is 11.6 Å². The van der Waals surface area contributed by atoms with E-state index in [-0.39, 0.29) is 17.3 Å². The molecule has 0 bridgehead atoms. The summed E-state index contributed by atoms with van der Waals surface area (Å²) in [4.78, 5) is 12.3. The average molecular weight is 258 g/mol. The van der Waals surface area contributed by atoms with Crippen LogP contribution in [0.1, 0.15) is 21.5 Å². The molecule has 0 aromatic heterocycles. The summed E-state index contributed by atoms with van der Waals surface area (Å²) in [5.74, 6) is -1.92. The van der Waals surface area contributed by atoms with Gasteiger partial charge in [0.2, 0.25) is 0 Å². The number of hydrogen-bond donors (Lipinski definition) is 0. The Labute approximate surface area is 109 Å². The number of ketones is 1. The fraction of sp³-hybridized carbons (Fsp3) is 0.188. The van der Waals surface area contributed by atoms with Crippen LogP contribution in [0.5, 0.6) is 0 Å². The van der Waals surface area contributed by atoms with Crippen LogP contribution in [0.15, 0.2) is 42.5 Å². The first-order valence-electron chi connectivity index (χ1n) is 6.21. The van der Waals surface area contributed by atoms with Crippen LogP contribution in [-0.4, -0.2) is 5.78 Å². The van der Waals surface area contributed by atoms with Crippen molar-refractivity contribution in [2.45, 2.75) is 12.8 Å². The molecule has 0 spiro atoms. The second-order valence-corrected chi connectivity index (χ2v) is 4.86. The predicted octanol–water partition coefficient (Wildman–Crippen LogP) is 3.56. The first kappa shape index (κ1) is 12.0. The van der Waals surface area contributed by atoms with Gasteiger partial charge < -0.3 is 0 Å². The zero-order valence-electron chi connectivity index (χ0n) is 10.2. The third kappa shape index (κ3) is 2.16. The van der Waals surface area contributed by atoms with E-state index in [9.17, 15) is 13.6 Å². The highest BCUT2D eigenvalue weighted by molar-refractivity contribution is 5.98. The quantitative estimate of drug-likeness (QED) is 0.753. The molecule has 19 heavy (non-hydrogen) atoms. The number of hydrogen-bond acceptors (Lipinski definition) is 1. The van der Waals surface area contributed by atoms with Crippen molar-refractivity contribution < 1.29 is 13.6 Å². The van der Waals surface area contributed by atoms with Crippen molar-refractivity contribution in [2.75, 3.05) is 0 Å². The monoisotopic (exact) mass is 258 g/mol. The van der Waals surface area contributed by atoms with Gasteiger partial charge in [0.25, 0.3) is 0 Å². The molecule has 0 aliphatic heterocycles. The lowest BCUT2D eigenvalue weighted by Crippen LogP contribution is -2.16. The van der Waals surface area contributed by atoms with Crippen LogP contribution in [-0.2, 0) is 12.8 Å². The van der Waals surface area contributed by atoms with Gasteiger partial charge in [-0.15, -0.1) is 0 Å². The molecule has 1 aliphatic rings. The number of Topliss-reactive ketones (excluding diaryl/α,β-unsaturated/α-hetero) is 1. The predicted molar refractivity (Wildman–Crippen MR) is 68.0 cm³/mol. The first-order chi connectivity index (χ1) is 9.15. The molecule has 3 rings (SSSR count). The molecule has 0 saturated carbocycles. The van der Waals surface area contributed by atoms with Crippen LogP contribution < -0.4 is 0 Å². The first-order valence-corrected chi connectivity index (χ1v) is 6.21. The summed E-state index contributed by atoms with van der Waals surface area (Å²) in [7, 11) is 0. The van der Waals surface area contributed by atoms with Crippen molar-refractivity contribution in [3.05, 3.63) is 70.8 Å². The number of fused-ring (bicyclic) bond motifs is 1. The van der Waals surface area contributed by atoms with Gasteiger partial charge in [-0.1, -0.05) is 24.3 Å². The van der Waals surface area contributed by atoms with Crippen molar-refractivity contribution in [1.29, 1.82) is 0 Å². The molecule has 0 N–H and O–H groups in total. The molecule has 1 nitrogen and oxygen atoms in total. The van der Waals surface area contributed by atoms with E-state index in [1.54, 1.807) is 0 Å². The van der Waals surface area contributed by atoms with E-state index in [0.717, 1.165) is 23.3 Å². The Morgan fingerprint density at radius 2 is 1.63 bits per heavy atom. The largest absolute Gasteiger partial charge is 0.294 e. The van der Waals surface area contributed by atoms with Crippen LogP contribution in [0.2, 0.25) is 0 Å². The van der Waals surface area contributed by atoms with Crippen molar-refractivity contribution in [1.82, 2.24) is 0 Å². The maximum Gasteiger partial charge on any atom is 0.169 e. The van der Waals surface area contributed by atoms with Crippen molar-refractivity contribution in [3.63, 3.8) is 0 Å². The number of rotatable bonds is 2. The summed E-state index contributed by atoms with van der Waals surface area (Å²) in [5, 5.41) is 0. The van der Waals surface area contributed by atoms with Crippen molar-refractivity contribution in [3.8, 4) is 0 Å². The zero-order chi connectivity index (χ0) is 13.4. The Morgan fingerprint density at radius 1 is 1.00 bits per heavy atom. The van der Waals surface area contributed by atoms with E-state index >= 15 is 0 Å². The van der Waals surface area contributed by atoms with E-state index in [1.807, 2.05) is 24.3 Å². The lowest BCUT2D eigenvalue weighted by Gasteiger charge is -2.08. The number of carbonyl (C=O) groups excluding carboxylic acids is 1. The van der Waals surface area contributed by atoms with Crippen LogP contribution in [0, 0.1) is 17.6 Å². The van der Waals surface area contributed by atoms with E-state index in [1.165, 1.54) is 6.07 Å². The van der Waals surface area contributed by atoms with Gasteiger partial charge in [0.15, 0.2) is 5.78 Å². The molecular weight excluding hydrogens is 246 g/mol. The minimum atomic E-state index is -0.777. The highest BCUT2D eigenvalue weighted by Gasteiger charge is 2.29. The molecule has 0 fully saturated rings. The van der Waals surface area contributed by atoms with E-state index in [2.05, 4.69) is 0 Å². The highest BCUT2D eigenvalue weighted by Crippen LogP contribution is 2.29. The van der Waals surface area contributed by atoms with Gasteiger partial charge in [0.1, 0.15) is 11.6 Å². The molecule has 3 heteroatoms. The summed E-state index contributed by atoms with van der Waals surface area (Å²) in [6.45, 7) is 0. The SMILES string of the molecule is O=C(c1ccc(F)cc1F)C1Cc2ccccc2C1. The third-order valence-electron chi connectivity index (χ3n) is 3.62. The average Bonchev–Trinajstić information content (AvgIpc) is 2.81. The van der Waals surface area contributed by atoms with Crippen LogP contribution in [0.25, 0.3) is 0 Å². The molecule has 0 heterocycles. The van der Waals surface area contributed by atoms with Crippen LogP contribution >= 0.6 is 0 Å². The van der Waals surface area contributed by atoms with Gasteiger partial charge >= 0.3 is 0 Å². The lowest BCUT2D eigenvalue weighted by atomic mass is 9.94. The van der Waals surface area contributed by atoms with E-state index in [0.29, 0.717) is 12.8 Å². The molecule has 1 aliphatic carbocycles. The molecule has 0 atom stereocenters. The molecule has 0 saturated heterocycles. The third-order valence-corrected chi connectivity index (χ3v) is 3.62. The molecule has 0 amide bonds. The van der Waals surface area contributed by atoms with Gasteiger partial charge in [-0.3, -0.25) is 4.79 Å². The second-order valence-electron chi connectivity index (χ2n) is 4.86. The Kier molecular flexibility index (Phi) is 2.90. The summed E-state index contributed by atoms with van der Waals surface area (Å²) >= 11 is 0. The fourth-order valence-electron chi connectivity index (χ4n) is 2.65. The number of halogens is 2. The maximum atomic E-state index is 13.6. The molecular formula is C16H12F2O. The van der Waals surface area contributed by atoms with Crippen molar-refractivity contribution >= 4 is 5.78 Å². The minimum absolute atomic E-state index is 0.0146. The Balaban J connectivity index is 1.87. The summed E-state index contributed by atoms with van der Waals surface area (Å²) in [5.41, 5.74) is 2.27. The Bertz CT molecular complexity index is 624. The van der Waals surface area contributed by atoms with Gasteiger partial charge in [-0.2, -0.15) is 0 Å². The second kappa shape index (κ2) is 4.57. The summed E-state index contributed by atoms with van der Waals surface area (Å²) in [6, 6.07) is 11.0. The van der Waals surface area contributed by atoms with Crippen molar-refractivity contribution in [2.24, 2.45) is 5.92 Å². The number of benzene rings is 2. The fourth-order valence-corrected chi connectivity index (χ4v) is 2.65. The Morgan fingerprint density at radius 3 is 2.21 bits per heavy atom. The van der Waals surface area contributed by atoms with Gasteiger partial charge in [0.05, 0.1) is 5.56 Å². The molecule has 0 unspecified atom stereocenters. The zero-order valence-corrected chi connectivity index (χ0v) is 10.2. The van der Waals surface area contributed by atoms with Gasteiger partial charge in [-0.25, -0.2) is 8.78 Å². The normalized spacial score (nSPS) is 14.4. The van der Waals surface area contributed by atoms with Crippen LogP contribution in [0.4, 0.5) is 8.78 Å². The van der Waals surface area contributed by atoms with Crippen LogP contribution in [0.3, 0.4) is 0 Å². The molecule has 0 radical (unpaired) electrons. The maximum absolute atomic E-state index is 13.6. The number of carbonyl (C=O) groups is 1. The molecule has 96 valence electrons. The van der Waals surface area contributed by atoms with Gasteiger partial charge in [0, 0.05) is 12.0 Å². The van der Waals surface area contributed by atoms with E-state index in [4.69, 9.17) is 0 Å². The summed E-state index contributed by atoms with van der Waals surface area (Å²) < 4.78 is 26.5. The highest BCUT2D eigenvalue weighted by atomic mass is 19.1. The molecule has 2 aromatic carbocycles. The molecule has 2 aromatic rings. The topological polar surface area (TPSA) is 17.1 Å². The lowest BCUT2D eigenvalue weighted by molar-refractivity contribution is 0.0920. The van der Waals surface area contributed by atoms with Gasteiger partial charge in [-0.05, 0) is 36.1 Å². The summed E-state index contributed by atoms with van der Waals surface area (Å²) in [6.07, 6.45) is 1.26. The standard InChI is InChI=1S/C16H12F2O/c17-13-5-6-14(15(18)9-13)16(19)12-7-10-3-1-2-4-11(10)8-12/h1-6,9,12H,7-8H2. The minimum Gasteiger partial charge on any atom is -0.294 e. The smallest absolute Gasteiger partial charge is 0.169 e.